The van der Waals surface area contributed by atoms with Crippen molar-refractivity contribution in [1.29, 1.82) is 0 Å². The van der Waals surface area contributed by atoms with Gasteiger partial charge in [-0.3, -0.25) is 19.8 Å². The molecule has 1 aromatic carbocycles. The van der Waals surface area contributed by atoms with Crippen LogP contribution in [0.2, 0.25) is 0 Å². The number of carbonyl (C=O) groups is 2. The van der Waals surface area contributed by atoms with Gasteiger partial charge in [-0.05, 0) is 58.6 Å². The Kier molecular flexibility index (Phi) is 5.30. The summed E-state index contributed by atoms with van der Waals surface area (Å²) in [5.74, 6) is -0.197. The SMILES string of the molecule is C=CCN1C(=O)/C(=C/c2ccc(OC)c(I)c2)C(=O)NC1=S. The van der Waals surface area contributed by atoms with Crippen molar-refractivity contribution >= 4 is 57.8 Å². The third-order valence-corrected chi connectivity index (χ3v) is 4.15. The molecule has 2 rings (SSSR count). The minimum atomic E-state index is -0.499. The second-order valence-corrected chi connectivity index (χ2v) is 5.96. The summed E-state index contributed by atoms with van der Waals surface area (Å²) in [5, 5.41) is 2.60. The van der Waals surface area contributed by atoms with Crippen LogP contribution in [0.4, 0.5) is 0 Å². The van der Waals surface area contributed by atoms with Gasteiger partial charge in [0, 0.05) is 6.54 Å². The van der Waals surface area contributed by atoms with E-state index in [-0.39, 0.29) is 17.2 Å². The van der Waals surface area contributed by atoms with E-state index in [4.69, 9.17) is 17.0 Å². The van der Waals surface area contributed by atoms with Crippen LogP contribution < -0.4 is 10.1 Å². The summed E-state index contributed by atoms with van der Waals surface area (Å²) in [6.07, 6.45) is 3.09. The largest absolute Gasteiger partial charge is 0.496 e. The number of methoxy groups -OCH3 is 1. The van der Waals surface area contributed by atoms with E-state index in [0.29, 0.717) is 0 Å². The lowest BCUT2D eigenvalue weighted by Crippen LogP contribution is -2.53. The molecule has 0 saturated carbocycles. The summed E-state index contributed by atoms with van der Waals surface area (Å²) in [4.78, 5) is 25.7. The van der Waals surface area contributed by atoms with Gasteiger partial charge in [-0.25, -0.2) is 0 Å². The first kappa shape index (κ1) is 16.6. The van der Waals surface area contributed by atoms with Gasteiger partial charge in [-0.1, -0.05) is 12.1 Å². The number of ether oxygens (including phenoxy) is 1. The molecular weight excluding hydrogens is 415 g/mol. The lowest BCUT2D eigenvalue weighted by atomic mass is 10.1. The second-order valence-electron chi connectivity index (χ2n) is 4.42. The van der Waals surface area contributed by atoms with Gasteiger partial charge in [0.2, 0.25) is 0 Å². The number of nitrogens with one attached hydrogen (secondary N) is 1. The van der Waals surface area contributed by atoms with Crippen LogP contribution >= 0.6 is 34.8 Å². The first-order valence-corrected chi connectivity index (χ1v) is 7.80. The van der Waals surface area contributed by atoms with Crippen LogP contribution in [-0.2, 0) is 9.59 Å². The molecule has 1 fully saturated rings. The number of benzene rings is 1. The third-order valence-electron chi connectivity index (χ3n) is 2.98. The highest BCUT2D eigenvalue weighted by atomic mass is 127. The van der Waals surface area contributed by atoms with Crippen molar-refractivity contribution < 1.29 is 14.3 Å². The van der Waals surface area contributed by atoms with E-state index in [1.165, 1.54) is 11.0 Å². The van der Waals surface area contributed by atoms with E-state index in [1.807, 2.05) is 6.07 Å². The van der Waals surface area contributed by atoms with Crippen LogP contribution in [0.15, 0.2) is 36.4 Å². The highest BCUT2D eigenvalue weighted by Gasteiger charge is 2.32. The van der Waals surface area contributed by atoms with Crippen molar-refractivity contribution in [2.45, 2.75) is 0 Å². The van der Waals surface area contributed by atoms with Gasteiger partial charge in [-0.2, -0.15) is 0 Å². The average Bonchev–Trinajstić information content (AvgIpc) is 2.48. The molecule has 1 aromatic rings. The van der Waals surface area contributed by atoms with Crippen LogP contribution in [0, 0.1) is 3.57 Å². The summed E-state index contributed by atoms with van der Waals surface area (Å²) in [6.45, 7) is 3.83. The molecular formula is C15H13IN2O3S. The molecule has 0 aliphatic carbocycles. The van der Waals surface area contributed by atoms with Gasteiger partial charge in [0.25, 0.3) is 11.8 Å². The van der Waals surface area contributed by atoms with Crippen molar-refractivity contribution in [3.63, 3.8) is 0 Å². The Labute approximate surface area is 147 Å². The molecule has 2 amide bonds. The Morgan fingerprint density at radius 2 is 2.18 bits per heavy atom. The zero-order valence-electron chi connectivity index (χ0n) is 11.8. The van der Waals surface area contributed by atoms with Crippen molar-refractivity contribution in [3.05, 3.63) is 45.6 Å². The zero-order chi connectivity index (χ0) is 16.3. The second kappa shape index (κ2) is 7.01. The van der Waals surface area contributed by atoms with E-state index in [9.17, 15) is 9.59 Å². The van der Waals surface area contributed by atoms with Crippen LogP contribution in [0.5, 0.6) is 5.75 Å². The molecule has 1 aliphatic heterocycles. The standard InChI is InChI=1S/C15H13IN2O3S/c1-3-6-18-14(20)10(13(19)17-15(18)22)7-9-4-5-12(21-2)11(16)8-9/h3-5,7-8H,1,6H2,2H3,(H,17,19,22)/b10-7+. The maximum atomic E-state index is 12.4. The molecule has 0 aromatic heterocycles. The number of nitrogens with zero attached hydrogens (tertiary/aromatic N) is 1. The van der Waals surface area contributed by atoms with Gasteiger partial charge < -0.3 is 4.74 Å². The molecule has 1 heterocycles. The van der Waals surface area contributed by atoms with Crippen molar-refractivity contribution in [2.75, 3.05) is 13.7 Å². The lowest BCUT2D eigenvalue weighted by molar-refractivity contribution is -0.128. The maximum absolute atomic E-state index is 12.4. The first-order chi connectivity index (χ1) is 10.5. The van der Waals surface area contributed by atoms with Crippen LogP contribution in [0.1, 0.15) is 5.56 Å². The van der Waals surface area contributed by atoms with Gasteiger partial charge in [0.15, 0.2) is 5.11 Å². The molecule has 1 N–H and O–H groups in total. The Bertz CT molecular complexity index is 700. The predicted octanol–water partition coefficient (Wildman–Crippen LogP) is 2.11. The highest BCUT2D eigenvalue weighted by molar-refractivity contribution is 14.1. The van der Waals surface area contributed by atoms with Crippen molar-refractivity contribution in [2.24, 2.45) is 0 Å². The van der Waals surface area contributed by atoms with E-state index in [1.54, 1.807) is 25.3 Å². The van der Waals surface area contributed by atoms with Crippen LogP contribution in [0.3, 0.4) is 0 Å². The van der Waals surface area contributed by atoms with Gasteiger partial charge in [0.1, 0.15) is 11.3 Å². The molecule has 1 aliphatic rings. The Balaban J connectivity index is 2.38. The fraction of sp³-hybridized carbons (Fsp3) is 0.133. The summed E-state index contributed by atoms with van der Waals surface area (Å²) in [6, 6.07) is 5.39. The lowest BCUT2D eigenvalue weighted by Gasteiger charge is -2.27. The molecule has 0 spiro atoms. The number of carbonyl (C=O) groups excluding carboxylic acids is 2. The number of halogens is 1. The maximum Gasteiger partial charge on any atom is 0.265 e. The fourth-order valence-corrected chi connectivity index (χ4v) is 2.94. The normalized spacial score (nSPS) is 16.7. The predicted molar refractivity (Wildman–Crippen MR) is 96.3 cm³/mol. The first-order valence-electron chi connectivity index (χ1n) is 6.31. The molecule has 0 atom stereocenters. The minimum Gasteiger partial charge on any atom is -0.496 e. The number of amides is 2. The van der Waals surface area contributed by atoms with Crippen molar-refractivity contribution in [3.8, 4) is 5.75 Å². The molecule has 114 valence electrons. The monoisotopic (exact) mass is 428 g/mol. The Morgan fingerprint density at radius 1 is 1.45 bits per heavy atom. The third kappa shape index (κ3) is 3.36. The Hall–Kier alpha value is -1.74. The number of rotatable bonds is 4. The molecule has 22 heavy (non-hydrogen) atoms. The number of thiocarbonyl (C=S) groups is 1. The summed E-state index contributed by atoms with van der Waals surface area (Å²) < 4.78 is 6.07. The van der Waals surface area contributed by atoms with Gasteiger partial charge >= 0.3 is 0 Å². The number of hydrogen-bond acceptors (Lipinski definition) is 4. The zero-order valence-corrected chi connectivity index (χ0v) is 14.7. The van der Waals surface area contributed by atoms with Crippen molar-refractivity contribution in [1.82, 2.24) is 10.2 Å². The minimum absolute atomic E-state index is 0.0383. The molecule has 1 saturated heterocycles. The van der Waals surface area contributed by atoms with E-state index in [2.05, 4.69) is 34.5 Å². The van der Waals surface area contributed by atoms with Gasteiger partial charge in [0.05, 0.1) is 10.7 Å². The van der Waals surface area contributed by atoms with E-state index < -0.39 is 11.8 Å². The van der Waals surface area contributed by atoms with Crippen LogP contribution in [0.25, 0.3) is 6.08 Å². The topological polar surface area (TPSA) is 58.6 Å². The molecule has 0 radical (unpaired) electrons. The molecule has 0 bridgehead atoms. The smallest absolute Gasteiger partial charge is 0.265 e. The van der Waals surface area contributed by atoms with Crippen LogP contribution in [-0.4, -0.2) is 35.5 Å². The summed E-state index contributed by atoms with van der Waals surface area (Å²) in [7, 11) is 1.59. The molecule has 5 nitrogen and oxygen atoms in total. The number of hydrogen-bond donors (Lipinski definition) is 1. The fourth-order valence-electron chi connectivity index (χ4n) is 1.93. The van der Waals surface area contributed by atoms with Gasteiger partial charge in [-0.15, -0.1) is 6.58 Å². The van der Waals surface area contributed by atoms with E-state index >= 15 is 0 Å². The summed E-state index contributed by atoms with van der Waals surface area (Å²) in [5.41, 5.74) is 0.770. The summed E-state index contributed by atoms with van der Waals surface area (Å²) >= 11 is 7.13. The molecule has 0 unspecified atom stereocenters. The highest BCUT2D eigenvalue weighted by Crippen LogP contribution is 2.23. The van der Waals surface area contributed by atoms with E-state index in [0.717, 1.165) is 14.9 Å². The average molecular weight is 428 g/mol. The quantitative estimate of drug-likeness (QED) is 0.263. The Morgan fingerprint density at radius 3 is 2.77 bits per heavy atom. The molecule has 7 heteroatoms.